The first-order valence-electron chi connectivity index (χ1n) is 7.45. The van der Waals surface area contributed by atoms with Crippen LogP contribution >= 0.6 is 11.3 Å². The summed E-state index contributed by atoms with van der Waals surface area (Å²) >= 11 is 1.44. The molecule has 0 aliphatic heterocycles. The summed E-state index contributed by atoms with van der Waals surface area (Å²) in [5, 5.41) is 3.69. The number of benzene rings is 1. The summed E-state index contributed by atoms with van der Waals surface area (Å²) < 4.78 is 33.6. The lowest BCUT2D eigenvalue weighted by Gasteiger charge is -2.09. The minimum Gasteiger partial charge on any atom is -0.356 e. The quantitative estimate of drug-likeness (QED) is 0.749. The van der Waals surface area contributed by atoms with Crippen LogP contribution in [0.1, 0.15) is 20.9 Å². The van der Waals surface area contributed by atoms with Gasteiger partial charge in [0, 0.05) is 22.4 Å². The number of hydrogen-bond acceptors (Lipinski definition) is 5. The van der Waals surface area contributed by atoms with Gasteiger partial charge in [0.15, 0.2) is 5.76 Å². The lowest BCUT2D eigenvalue weighted by Crippen LogP contribution is -2.24. The first-order chi connectivity index (χ1) is 11.4. The van der Waals surface area contributed by atoms with Crippen molar-refractivity contribution in [3.05, 3.63) is 57.4 Å². The molecular formula is C17H18N2O3S2. The lowest BCUT2D eigenvalue weighted by atomic mass is 10.2. The van der Waals surface area contributed by atoms with Gasteiger partial charge in [-0.1, -0.05) is 35.0 Å². The average molecular weight is 362 g/mol. The summed E-state index contributed by atoms with van der Waals surface area (Å²) in [6.45, 7) is 5.92. The zero-order valence-corrected chi connectivity index (χ0v) is 15.3. The van der Waals surface area contributed by atoms with Gasteiger partial charge in [-0.05, 0) is 26.3 Å². The van der Waals surface area contributed by atoms with E-state index in [2.05, 4.69) is 9.88 Å². The van der Waals surface area contributed by atoms with Crippen molar-refractivity contribution in [1.82, 2.24) is 9.88 Å². The third-order valence-electron chi connectivity index (χ3n) is 3.74. The fourth-order valence-corrected chi connectivity index (χ4v) is 5.45. The van der Waals surface area contributed by atoms with Gasteiger partial charge in [0.05, 0.1) is 11.8 Å². The monoisotopic (exact) mass is 362 g/mol. The second-order valence-electron chi connectivity index (χ2n) is 5.61. The van der Waals surface area contributed by atoms with E-state index in [1.54, 1.807) is 13.0 Å². The fourth-order valence-electron chi connectivity index (χ4n) is 2.57. The standard InChI is InChI=1S/C17H18N2O3S2/c1-11-4-6-14(7-5-11)10-19-24(20,21)17-13(3)23-12(2)16(17)15-8-9-18-22-15/h4-9,19H,10H2,1-3H3. The molecule has 1 aromatic carbocycles. The van der Waals surface area contributed by atoms with Crippen LogP contribution in [0.25, 0.3) is 11.3 Å². The summed E-state index contributed by atoms with van der Waals surface area (Å²) in [6, 6.07) is 9.43. The number of aromatic nitrogens is 1. The highest BCUT2D eigenvalue weighted by molar-refractivity contribution is 7.89. The Labute approximate surface area is 145 Å². The molecule has 1 N–H and O–H groups in total. The molecule has 24 heavy (non-hydrogen) atoms. The largest absolute Gasteiger partial charge is 0.356 e. The molecule has 2 heterocycles. The number of nitrogens with zero attached hydrogens (tertiary/aromatic N) is 1. The van der Waals surface area contributed by atoms with E-state index in [4.69, 9.17) is 4.52 Å². The second kappa shape index (κ2) is 6.51. The molecular weight excluding hydrogens is 344 g/mol. The van der Waals surface area contributed by atoms with Crippen LogP contribution in [0.4, 0.5) is 0 Å². The Hall–Kier alpha value is -1.96. The maximum atomic E-state index is 12.9. The highest BCUT2D eigenvalue weighted by Crippen LogP contribution is 2.38. The fraction of sp³-hybridized carbons (Fsp3) is 0.235. The third-order valence-corrected chi connectivity index (χ3v) is 6.47. The molecule has 0 spiro atoms. The van der Waals surface area contributed by atoms with Crippen molar-refractivity contribution in [2.75, 3.05) is 0 Å². The Morgan fingerprint density at radius 1 is 1.08 bits per heavy atom. The van der Waals surface area contributed by atoms with Gasteiger partial charge < -0.3 is 4.52 Å². The van der Waals surface area contributed by atoms with Crippen molar-refractivity contribution in [2.24, 2.45) is 0 Å². The number of hydrogen-bond donors (Lipinski definition) is 1. The molecule has 0 aliphatic rings. The smallest absolute Gasteiger partial charge is 0.242 e. The summed E-state index contributed by atoms with van der Waals surface area (Å²) in [5.74, 6) is 0.465. The zero-order chi connectivity index (χ0) is 17.3. The Bertz CT molecular complexity index is 941. The number of aryl methyl sites for hydroxylation is 3. The van der Waals surface area contributed by atoms with Crippen molar-refractivity contribution in [1.29, 1.82) is 0 Å². The molecule has 0 saturated heterocycles. The van der Waals surface area contributed by atoms with E-state index in [0.717, 1.165) is 20.9 Å². The van der Waals surface area contributed by atoms with E-state index >= 15 is 0 Å². The number of sulfonamides is 1. The molecule has 3 rings (SSSR count). The second-order valence-corrected chi connectivity index (χ2v) is 8.74. The van der Waals surface area contributed by atoms with E-state index in [-0.39, 0.29) is 11.4 Å². The maximum absolute atomic E-state index is 12.9. The minimum atomic E-state index is -3.66. The molecule has 0 unspecified atom stereocenters. The Morgan fingerprint density at radius 2 is 1.79 bits per heavy atom. The molecule has 0 aliphatic carbocycles. The predicted octanol–water partition coefficient (Wildman–Crippen LogP) is 3.81. The van der Waals surface area contributed by atoms with E-state index in [0.29, 0.717) is 11.3 Å². The highest BCUT2D eigenvalue weighted by atomic mass is 32.2. The number of thiophene rings is 1. The first kappa shape index (κ1) is 16.9. The first-order valence-corrected chi connectivity index (χ1v) is 9.74. The van der Waals surface area contributed by atoms with Crippen molar-refractivity contribution >= 4 is 21.4 Å². The minimum absolute atomic E-state index is 0.243. The van der Waals surface area contributed by atoms with Crippen LogP contribution in [0.15, 0.2) is 45.9 Å². The Kier molecular flexibility index (Phi) is 4.58. The molecule has 0 atom stereocenters. The molecule has 0 saturated carbocycles. The van der Waals surface area contributed by atoms with Crippen LogP contribution in [0.3, 0.4) is 0 Å². The van der Waals surface area contributed by atoms with Crippen LogP contribution in [0.5, 0.6) is 0 Å². The Balaban J connectivity index is 1.94. The van der Waals surface area contributed by atoms with Crippen LogP contribution in [0, 0.1) is 20.8 Å². The topological polar surface area (TPSA) is 72.2 Å². The molecule has 7 heteroatoms. The van der Waals surface area contributed by atoms with Crippen LogP contribution in [-0.4, -0.2) is 13.6 Å². The summed E-state index contributed by atoms with van der Waals surface area (Å²) in [4.78, 5) is 1.89. The third kappa shape index (κ3) is 3.28. The van der Waals surface area contributed by atoms with Crippen molar-refractivity contribution < 1.29 is 12.9 Å². The molecule has 126 valence electrons. The van der Waals surface area contributed by atoms with Gasteiger partial charge in [-0.15, -0.1) is 11.3 Å². The average Bonchev–Trinajstić information content (AvgIpc) is 3.14. The normalized spacial score (nSPS) is 11.8. The van der Waals surface area contributed by atoms with E-state index in [1.165, 1.54) is 17.5 Å². The summed E-state index contributed by atoms with van der Waals surface area (Å²) in [7, 11) is -3.66. The van der Waals surface area contributed by atoms with Crippen molar-refractivity contribution in [3.8, 4) is 11.3 Å². The molecule has 0 bridgehead atoms. The van der Waals surface area contributed by atoms with Gasteiger partial charge in [0.25, 0.3) is 0 Å². The van der Waals surface area contributed by atoms with Crippen LogP contribution < -0.4 is 4.72 Å². The van der Waals surface area contributed by atoms with Gasteiger partial charge in [-0.3, -0.25) is 0 Å². The zero-order valence-electron chi connectivity index (χ0n) is 13.7. The van der Waals surface area contributed by atoms with Gasteiger partial charge in [-0.25, -0.2) is 13.1 Å². The molecule has 3 aromatic rings. The molecule has 0 radical (unpaired) electrons. The lowest BCUT2D eigenvalue weighted by molar-refractivity contribution is 0.431. The van der Waals surface area contributed by atoms with Crippen LogP contribution in [0.2, 0.25) is 0 Å². The van der Waals surface area contributed by atoms with E-state index in [1.807, 2.05) is 38.1 Å². The predicted molar refractivity (Wildman–Crippen MR) is 94.5 cm³/mol. The Morgan fingerprint density at radius 3 is 2.42 bits per heavy atom. The van der Waals surface area contributed by atoms with Gasteiger partial charge in [0.2, 0.25) is 10.0 Å². The van der Waals surface area contributed by atoms with Gasteiger partial charge in [0.1, 0.15) is 4.90 Å². The molecule has 0 fully saturated rings. The molecule has 2 aromatic heterocycles. The summed E-state index contributed by atoms with van der Waals surface area (Å²) in [6.07, 6.45) is 1.51. The highest BCUT2D eigenvalue weighted by Gasteiger charge is 2.27. The van der Waals surface area contributed by atoms with Crippen molar-refractivity contribution in [2.45, 2.75) is 32.2 Å². The van der Waals surface area contributed by atoms with Crippen LogP contribution in [-0.2, 0) is 16.6 Å². The van der Waals surface area contributed by atoms with Gasteiger partial charge in [-0.2, -0.15) is 0 Å². The summed E-state index contributed by atoms with van der Waals surface area (Å²) in [5.41, 5.74) is 2.64. The molecule has 0 amide bonds. The number of rotatable bonds is 5. The molecule has 5 nitrogen and oxygen atoms in total. The van der Waals surface area contributed by atoms with E-state index in [9.17, 15) is 8.42 Å². The maximum Gasteiger partial charge on any atom is 0.242 e. The van der Waals surface area contributed by atoms with Crippen molar-refractivity contribution in [3.63, 3.8) is 0 Å². The van der Waals surface area contributed by atoms with E-state index < -0.39 is 10.0 Å². The van der Waals surface area contributed by atoms with Gasteiger partial charge >= 0.3 is 0 Å². The SMILES string of the molecule is Cc1ccc(CNS(=O)(=O)c2c(C)sc(C)c2-c2ccno2)cc1. The number of nitrogens with one attached hydrogen (secondary N) is 1.